The second kappa shape index (κ2) is 7.42. The maximum atomic E-state index is 13.1. The van der Waals surface area contributed by atoms with Crippen LogP contribution in [-0.2, 0) is 21.4 Å². The van der Waals surface area contributed by atoms with Gasteiger partial charge in [0.2, 0.25) is 5.91 Å². The number of carbonyl (C=O) groups excluding carboxylic acids is 1. The zero-order valence-corrected chi connectivity index (χ0v) is 14.5. The molecule has 1 saturated heterocycles. The number of rotatable bonds is 6. The number of hydrogen-bond acceptors (Lipinski definition) is 4. The van der Waals surface area contributed by atoms with E-state index >= 15 is 0 Å². The molecule has 0 unspecified atom stereocenters. The average molecular weight is 343 g/mol. The van der Waals surface area contributed by atoms with Crippen molar-refractivity contribution in [3.8, 4) is 0 Å². The van der Waals surface area contributed by atoms with Gasteiger partial charge in [0.15, 0.2) is 0 Å². The summed E-state index contributed by atoms with van der Waals surface area (Å²) < 4.78 is 10.8. The molecule has 0 saturated carbocycles. The summed E-state index contributed by atoms with van der Waals surface area (Å²) in [6.45, 7) is 2.99. The lowest BCUT2D eigenvalue weighted by Gasteiger charge is -2.37. The van der Waals surface area contributed by atoms with E-state index in [4.69, 9.17) is 9.15 Å². The van der Waals surface area contributed by atoms with Gasteiger partial charge in [0.05, 0.1) is 17.3 Å². The lowest BCUT2D eigenvalue weighted by atomic mass is 9.73. The van der Waals surface area contributed by atoms with Crippen LogP contribution in [0.3, 0.4) is 0 Å². The molecule has 2 aromatic rings. The lowest BCUT2D eigenvalue weighted by molar-refractivity contribution is -0.131. The van der Waals surface area contributed by atoms with E-state index in [1.54, 1.807) is 19.3 Å². The van der Waals surface area contributed by atoms with Gasteiger partial charge in [-0.15, -0.1) is 0 Å². The van der Waals surface area contributed by atoms with Crippen LogP contribution in [0.25, 0.3) is 0 Å². The maximum absolute atomic E-state index is 13.1. The normalized spacial score (nSPS) is 19.1. The summed E-state index contributed by atoms with van der Waals surface area (Å²) >= 11 is 0. The number of furan rings is 1. The number of amides is 1. The summed E-state index contributed by atoms with van der Waals surface area (Å²) in [5.74, 6) is 0.643. The molecule has 1 fully saturated rings. The van der Waals surface area contributed by atoms with E-state index in [0.29, 0.717) is 38.2 Å². The first-order valence-corrected chi connectivity index (χ1v) is 8.68. The molecule has 0 bridgehead atoms. The molecule has 1 amide bonds. The predicted octanol–water partition coefficient (Wildman–Crippen LogP) is 2.44. The first kappa shape index (κ1) is 17.7. The monoisotopic (exact) mass is 343 g/mol. The number of benzene rings is 1. The molecule has 0 spiro atoms. The third-order valence-corrected chi connectivity index (χ3v) is 4.87. The minimum absolute atomic E-state index is 0.0540. The molecular formula is C20H25NO4. The smallest absolute Gasteiger partial charge is 0.230 e. The van der Waals surface area contributed by atoms with E-state index in [9.17, 15) is 9.90 Å². The van der Waals surface area contributed by atoms with Gasteiger partial charge in [-0.2, -0.15) is 0 Å². The summed E-state index contributed by atoms with van der Waals surface area (Å²) in [4.78, 5) is 13.1. The van der Waals surface area contributed by atoms with Crippen molar-refractivity contribution in [1.82, 2.24) is 5.32 Å². The Hall–Kier alpha value is -2.11. The number of carbonyl (C=O) groups is 1. The van der Waals surface area contributed by atoms with Crippen molar-refractivity contribution in [2.24, 2.45) is 0 Å². The number of aliphatic hydroxyl groups is 1. The molecule has 25 heavy (non-hydrogen) atoms. The maximum Gasteiger partial charge on any atom is 0.230 e. The van der Waals surface area contributed by atoms with Crippen LogP contribution < -0.4 is 5.32 Å². The Kier molecular flexibility index (Phi) is 5.25. The van der Waals surface area contributed by atoms with Crippen molar-refractivity contribution in [3.05, 3.63) is 60.1 Å². The van der Waals surface area contributed by atoms with E-state index in [-0.39, 0.29) is 12.5 Å². The van der Waals surface area contributed by atoms with Crippen LogP contribution in [0.4, 0.5) is 0 Å². The minimum Gasteiger partial charge on any atom is -0.469 e. The van der Waals surface area contributed by atoms with Crippen molar-refractivity contribution in [1.29, 1.82) is 0 Å². The van der Waals surface area contributed by atoms with Gasteiger partial charge < -0.3 is 19.6 Å². The fourth-order valence-corrected chi connectivity index (χ4v) is 3.41. The first-order valence-electron chi connectivity index (χ1n) is 8.68. The summed E-state index contributed by atoms with van der Waals surface area (Å²) in [7, 11) is 0. The van der Waals surface area contributed by atoms with Crippen LogP contribution in [0.1, 0.15) is 31.1 Å². The van der Waals surface area contributed by atoms with Gasteiger partial charge in [-0.05, 0) is 37.5 Å². The molecule has 2 heterocycles. The van der Waals surface area contributed by atoms with Gasteiger partial charge in [0, 0.05) is 26.2 Å². The second-order valence-electron chi connectivity index (χ2n) is 7.00. The topological polar surface area (TPSA) is 71.7 Å². The molecule has 0 aliphatic carbocycles. The highest BCUT2D eigenvalue weighted by Crippen LogP contribution is 2.35. The molecule has 0 radical (unpaired) electrons. The number of hydrogen-bond donors (Lipinski definition) is 2. The Morgan fingerprint density at radius 1 is 1.20 bits per heavy atom. The van der Waals surface area contributed by atoms with E-state index in [1.165, 1.54) is 0 Å². The summed E-state index contributed by atoms with van der Waals surface area (Å²) in [5, 5.41) is 13.5. The second-order valence-corrected chi connectivity index (χ2v) is 7.00. The average Bonchev–Trinajstić information content (AvgIpc) is 3.13. The minimum atomic E-state index is -1.07. The fraction of sp³-hybridized carbons (Fsp3) is 0.450. The van der Waals surface area contributed by atoms with Crippen LogP contribution in [0, 0.1) is 0 Å². The first-order chi connectivity index (χ1) is 12.0. The predicted molar refractivity (Wildman–Crippen MR) is 94.2 cm³/mol. The van der Waals surface area contributed by atoms with Crippen molar-refractivity contribution in [3.63, 3.8) is 0 Å². The summed E-state index contributed by atoms with van der Waals surface area (Å²) in [6.07, 6.45) is 3.21. The highest BCUT2D eigenvalue weighted by molar-refractivity contribution is 5.88. The van der Waals surface area contributed by atoms with E-state index in [0.717, 1.165) is 5.56 Å². The molecule has 1 aromatic carbocycles. The van der Waals surface area contributed by atoms with Gasteiger partial charge in [-0.25, -0.2) is 0 Å². The molecule has 1 atom stereocenters. The van der Waals surface area contributed by atoms with E-state index in [1.807, 2.05) is 36.4 Å². The number of ether oxygens (including phenoxy) is 1. The highest BCUT2D eigenvalue weighted by Gasteiger charge is 2.42. The Balaban J connectivity index is 1.71. The molecule has 5 nitrogen and oxygen atoms in total. The van der Waals surface area contributed by atoms with Crippen molar-refractivity contribution >= 4 is 5.91 Å². The molecule has 3 rings (SSSR count). The standard InChI is InChI=1S/C20H25NO4/c1-19(23,14-17-8-5-11-25-17)15-21-18(22)20(9-12-24-13-10-20)16-6-3-2-4-7-16/h2-8,11,23H,9-10,12-15H2,1H3,(H,21,22)/t19-/m1/s1. The third kappa shape index (κ3) is 4.11. The van der Waals surface area contributed by atoms with Crippen molar-refractivity contribution < 1.29 is 19.1 Å². The van der Waals surface area contributed by atoms with Crippen LogP contribution in [-0.4, -0.2) is 36.4 Å². The van der Waals surface area contributed by atoms with Gasteiger partial charge in [0.25, 0.3) is 0 Å². The van der Waals surface area contributed by atoms with Gasteiger partial charge >= 0.3 is 0 Å². The molecular weight excluding hydrogens is 318 g/mol. The van der Waals surface area contributed by atoms with Gasteiger partial charge in [-0.1, -0.05) is 30.3 Å². The molecule has 2 N–H and O–H groups in total. The Morgan fingerprint density at radius 3 is 2.56 bits per heavy atom. The SMILES string of the molecule is C[C@](O)(CNC(=O)C1(c2ccccc2)CCOCC1)Cc1ccco1. The number of nitrogens with one attached hydrogen (secondary N) is 1. The molecule has 1 aromatic heterocycles. The third-order valence-electron chi connectivity index (χ3n) is 4.87. The fourth-order valence-electron chi connectivity index (χ4n) is 3.41. The van der Waals surface area contributed by atoms with E-state index < -0.39 is 11.0 Å². The quantitative estimate of drug-likeness (QED) is 0.845. The Labute approximate surface area is 148 Å². The van der Waals surface area contributed by atoms with Crippen LogP contribution in [0.2, 0.25) is 0 Å². The molecule has 1 aliphatic heterocycles. The highest BCUT2D eigenvalue weighted by atomic mass is 16.5. The summed E-state index contributed by atoms with van der Waals surface area (Å²) in [5.41, 5.74) is -0.668. The van der Waals surface area contributed by atoms with Crippen molar-refractivity contribution in [2.45, 2.75) is 37.2 Å². The zero-order chi connectivity index (χ0) is 17.8. The Morgan fingerprint density at radius 2 is 1.92 bits per heavy atom. The molecule has 1 aliphatic rings. The molecule has 134 valence electrons. The van der Waals surface area contributed by atoms with Gasteiger partial charge in [-0.3, -0.25) is 4.79 Å². The van der Waals surface area contributed by atoms with Crippen molar-refractivity contribution in [2.75, 3.05) is 19.8 Å². The van der Waals surface area contributed by atoms with E-state index in [2.05, 4.69) is 5.32 Å². The van der Waals surface area contributed by atoms with Crippen LogP contribution in [0.5, 0.6) is 0 Å². The van der Waals surface area contributed by atoms with Gasteiger partial charge in [0.1, 0.15) is 5.76 Å². The lowest BCUT2D eigenvalue weighted by Crippen LogP contribution is -2.52. The Bertz CT molecular complexity index is 673. The summed E-state index contributed by atoms with van der Waals surface area (Å²) in [6, 6.07) is 13.4. The van der Waals surface area contributed by atoms with Crippen LogP contribution >= 0.6 is 0 Å². The largest absolute Gasteiger partial charge is 0.469 e. The van der Waals surface area contributed by atoms with Crippen LogP contribution in [0.15, 0.2) is 53.1 Å². The zero-order valence-electron chi connectivity index (χ0n) is 14.5. The molecule has 5 heteroatoms.